The van der Waals surface area contributed by atoms with Crippen LogP contribution in [0.25, 0.3) is 0 Å². The summed E-state index contributed by atoms with van der Waals surface area (Å²) in [5.74, 6) is 0.596. The fourth-order valence-corrected chi connectivity index (χ4v) is 0.717. The van der Waals surface area contributed by atoms with Gasteiger partial charge in [-0.15, -0.1) is 0 Å². The zero-order chi connectivity index (χ0) is 6.69. The molecule has 56 valence electrons. The summed E-state index contributed by atoms with van der Waals surface area (Å²) in [7, 11) is 0. The molecule has 0 amide bonds. The summed E-state index contributed by atoms with van der Waals surface area (Å²) in [5.41, 5.74) is 1.30. The zero-order valence-corrected chi connectivity index (χ0v) is 5.83. The van der Waals surface area contributed by atoms with Gasteiger partial charge in [0.2, 0.25) is 0 Å². The van der Waals surface area contributed by atoms with E-state index in [9.17, 15) is 0 Å². The molecule has 0 atom stereocenters. The van der Waals surface area contributed by atoms with Gasteiger partial charge in [-0.1, -0.05) is 27.3 Å². The first-order chi connectivity index (χ1) is 4.30. The number of pyridine rings is 1. The van der Waals surface area contributed by atoms with Crippen LogP contribution in [0, 0.1) is 0 Å². The highest BCUT2D eigenvalue weighted by atomic mass is 14.6. The fraction of sp³-hybridized carbons (Fsp3) is 0.444. The van der Waals surface area contributed by atoms with Gasteiger partial charge in [-0.25, -0.2) is 0 Å². The predicted molar refractivity (Wildman–Crippen MR) is 45.1 cm³/mol. The van der Waals surface area contributed by atoms with E-state index >= 15 is 0 Å². The monoisotopic (exact) mass is 137 g/mol. The van der Waals surface area contributed by atoms with Gasteiger partial charge in [0.25, 0.3) is 0 Å². The van der Waals surface area contributed by atoms with E-state index in [0.717, 1.165) is 0 Å². The number of rotatable bonds is 1. The third-order valence-corrected chi connectivity index (χ3v) is 1.35. The van der Waals surface area contributed by atoms with E-state index in [0.29, 0.717) is 5.92 Å². The Balaban J connectivity index is 0.000000810. The van der Waals surface area contributed by atoms with Crippen LogP contribution in [0.15, 0.2) is 24.5 Å². The molecule has 10 heavy (non-hydrogen) atoms. The van der Waals surface area contributed by atoms with Crippen molar-refractivity contribution >= 4 is 0 Å². The smallest absolute Gasteiger partial charge is 0.0302 e. The number of hydrogen-bond acceptors (Lipinski definition) is 1. The standard InChI is InChI=1S/C8H11N.CH4/c1-7(2)8-4-3-5-9-6-8;/h3-7H,1-2H3;1H4. The molecule has 0 aromatic carbocycles. The average molecular weight is 137 g/mol. The second-order valence-electron chi connectivity index (χ2n) is 2.44. The highest BCUT2D eigenvalue weighted by Crippen LogP contribution is 2.10. The molecule has 0 aliphatic heterocycles. The Morgan fingerprint density at radius 2 is 2.10 bits per heavy atom. The molecular formula is C9H15N. The van der Waals surface area contributed by atoms with Gasteiger partial charge in [-0.3, -0.25) is 4.98 Å². The summed E-state index contributed by atoms with van der Waals surface area (Å²) in [6, 6.07) is 4.06. The number of nitrogens with zero attached hydrogens (tertiary/aromatic N) is 1. The maximum Gasteiger partial charge on any atom is 0.0302 e. The van der Waals surface area contributed by atoms with Crippen molar-refractivity contribution in [2.24, 2.45) is 0 Å². The lowest BCUT2D eigenvalue weighted by molar-refractivity contribution is 0.858. The Morgan fingerprint density at radius 3 is 2.40 bits per heavy atom. The summed E-state index contributed by atoms with van der Waals surface area (Å²) in [4.78, 5) is 4.01. The quantitative estimate of drug-likeness (QED) is 0.580. The SMILES string of the molecule is C.CC(C)c1cccnc1. The van der Waals surface area contributed by atoms with Crippen LogP contribution in [0.3, 0.4) is 0 Å². The van der Waals surface area contributed by atoms with E-state index in [-0.39, 0.29) is 7.43 Å². The molecule has 0 aliphatic rings. The fourth-order valence-electron chi connectivity index (χ4n) is 0.717. The molecule has 0 aliphatic carbocycles. The van der Waals surface area contributed by atoms with Crippen LogP contribution >= 0.6 is 0 Å². The average Bonchev–Trinajstić information content (AvgIpc) is 1.90. The minimum Gasteiger partial charge on any atom is -0.264 e. The minimum atomic E-state index is 0. The molecule has 0 bridgehead atoms. The van der Waals surface area contributed by atoms with E-state index < -0.39 is 0 Å². The molecule has 0 fully saturated rings. The van der Waals surface area contributed by atoms with Crippen LogP contribution in [0.4, 0.5) is 0 Å². The van der Waals surface area contributed by atoms with Crippen LogP contribution in [-0.4, -0.2) is 4.98 Å². The lowest BCUT2D eigenvalue weighted by atomic mass is 10.1. The lowest BCUT2D eigenvalue weighted by Gasteiger charge is -2.00. The molecule has 1 heterocycles. The first-order valence-electron chi connectivity index (χ1n) is 3.20. The summed E-state index contributed by atoms with van der Waals surface area (Å²) >= 11 is 0. The van der Waals surface area contributed by atoms with Crippen molar-refractivity contribution in [2.75, 3.05) is 0 Å². The molecule has 0 saturated heterocycles. The molecule has 0 saturated carbocycles. The number of aromatic nitrogens is 1. The van der Waals surface area contributed by atoms with Gasteiger partial charge in [0.15, 0.2) is 0 Å². The highest BCUT2D eigenvalue weighted by molar-refractivity contribution is 5.12. The summed E-state index contributed by atoms with van der Waals surface area (Å²) in [6.45, 7) is 4.33. The molecule has 0 spiro atoms. The highest BCUT2D eigenvalue weighted by Gasteiger charge is 1.94. The normalized spacial score (nSPS) is 9.10. The van der Waals surface area contributed by atoms with E-state index in [1.807, 2.05) is 12.3 Å². The Labute approximate surface area is 63.1 Å². The Hall–Kier alpha value is -0.850. The van der Waals surface area contributed by atoms with E-state index in [1.54, 1.807) is 6.20 Å². The first kappa shape index (κ1) is 9.15. The van der Waals surface area contributed by atoms with Crippen LogP contribution in [-0.2, 0) is 0 Å². The third kappa shape index (κ3) is 2.18. The molecular weight excluding hydrogens is 122 g/mol. The van der Waals surface area contributed by atoms with Gasteiger partial charge < -0.3 is 0 Å². The molecule has 0 N–H and O–H groups in total. The molecule has 1 aromatic heterocycles. The maximum atomic E-state index is 4.01. The molecule has 0 unspecified atom stereocenters. The second-order valence-corrected chi connectivity index (χ2v) is 2.44. The summed E-state index contributed by atoms with van der Waals surface area (Å²) in [5, 5.41) is 0. The first-order valence-corrected chi connectivity index (χ1v) is 3.20. The molecule has 1 rings (SSSR count). The van der Waals surface area contributed by atoms with Gasteiger partial charge >= 0.3 is 0 Å². The van der Waals surface area contributed by atoms with Crippen molar-refractivity contribution in [2.45, 2.75) is 27.2 Å². The summed E-state index contributed by atoms with van der Waals surface area (Å²) < 4.78 is 0. The zero-order valence-electron chi connectivity index (χ0n) is 5.83. The molecule has 1 aromatic rings. The van der Waals surface area contributed by atoms with E-state index in [4.69, 9.17) is 0 Å². The van der Waals surface area contributed by atoms with Crippen molar-refractivity contribution in [3.63, 3.8) is 0 Å². The van der Waals surface area contributed by atoms with Crippen molar-refractivity contribution in [1.82, 2.24) is 4.98 Å². The van der Waals surface area contributed by atoms with Gasteiger partial charge in [-0.05, 0) is 17.5 Å². The molecule has 1 heteroatoms. The van der Waals surface area contributed by atoms with Crippen molar-refractivity contribution in [1.29, 1.82) is 0 Å². The number of hydrogen-bond donors (Lipinski definition) is 0. The predicted octanol–water partition coefficient (Wildman–Crippen LogP) is 2.84. The van der Waals surface area contributed by atoms with Crippen molar-refractivity contribution in [3.8, 4) is 0 Å². The van der Waals surface area contributed by atoms with Crippen LogP contribution in [0.2, 0.25) is 0 Å². The van der Waals surface area contributed by atoms with Crippen LogP contribution in [0.5, 0.6) is 0 Å². The molecule has 1 nitrogen and oxygen atoms in total. The Kier molecular flexibility index (Phi) is 3.70. The van der Waals surface area contributed by atoms with Gasteiger partial charge in [0.1, 0.15) is 0 Å². The Bertz CT molecular complexity index is 167. The lowest BCUT2D eigenvalue weighted by Crippen LogP contribution is -1.85. The molecule has 0 radical (unpaired) electrons. The van der Waals surface area contributed by atoms with E-state index in [1.165, 1.54) is 5.56 Å². The van der Waals surface area contributed by atoms with E-state index in [2.05, 4.69) is 24.9 Å². The maximum absolute atomic E-state index is 4.01. The topological polar surface area (TPSA) is 12.9 Å². The van der Waals surface area contributed by atoms with Gasteiger partial charge in [-0.2, -0.15) is 0 Å². The van der Waals surface area contributed by atoms with Crippen molar-refractivity contribution in [3.05, 3.63) is 30.1 Å². The Morgan fingerprint density at radius 1 is 1.40 bits per heavy atom. The van der Waals surface area contributed by atoms with Crippen LogP contribution < -0.4 is 0 Å². The second kappa shape index (κ2) is 4.04. The van der Waals surface area contributed by atoms with Crippen LogP contribution in [0.1, 0.15) is 32.8 Å². The largest absolute Gasteiger partial charge is 0.264 e. The van der Waals surface area contributed by atoms with Gasteiger partial charge in [0, 0.05) is 12.4 Å². The third-order valence-electron chi connectivity index (χ3n) is 1.35. The summed E-state index contributed by atoms with van der Waals surface area (Å²) in [6.07, 6.45) is 3.70. The van der Waals surface area contributed by atoms with Crippen molar-refractivity contribution < 1.29 is 0 Å². The van der Waals surface area contributed by atoms with Gasteiger partial charge in [0.05, 0.1) is 0 Å². The minimum absolute atomic E-state index is 0.